The lowest BCUT2D eigenvalue weighted by Gasteiger charge is -2.15. The number of rotatable bonds is 6. The molecule has 6 nitrogen and oxygen atoms in total. The Labute approximate surface area is 153 Å². The molecule has 0 fully saturated rings. The highest BCUT2D eigenvalue weighted by Crippen LogP contribution is 2.27. The summed E-state index contributed by atoms with van der Waals surface area (Å²) >= 11 is 4.75. The number of nitrogens with zero attached hydrogens (tertiary/aromatic N) is 4. The second-order valence-corrected chi connectivity index (χ2v) is 7.93. The van der Waals surface area contributed by atoms with Crippen LogP contribution in [0.3, 0.4) is 0 Å². The molecule has 0 aliphatic rings. The Kier molecular flexibility index (Phi) is 6.03. The number of fused-ring (bicyclic) bond motifs is 1. The Morgan fingerprint density at radius 3 is 2.54 bits per heavy atom. The third-order valence-corrected chi connectivity index (χ3v) is 5.21. The molecule has 0 bridgehead atoms. The zero-order valence-electron chi connectivity index (χ0n) is 14.3. The highest BCUT2D eigenvalue weighted by molar-refractivity contribution is 9.11. The summed E-state index contributed by atoms with van der Waals surface area (Å²) in [6.07, 6.45) is 0.773. The minimum absolute atomic E-state index is 0.0927. The van der Waals surface area contributed by atoms with Gasteiger partial charge in [-0.15, -0.1) is 11.8 Å². The molecule has 0 radical (unpaired) electrons. The van der Waals surface area contributed by atoms with Gasteiger partial charge in [-0.1, -0.05) is 43.3 Å². The summed E-state index contributed by atoms with van der Waals surface area (Å²) in [7, 11) is 1.49. The summed E-state index contributed by atoms with van der Waals surface area (Å²) < 4.78 is 3.50. The van der Waals surface area contributed by atoms with Crippen LogP contribution in [0.5, 0.6) is 0 Å². The van der Waals surface area contributed by atoms with Crippen LogP contribution in [0.25, 0.3) is 11.0 Å². The van der Waals surface area contributed by atoms with E-state index in [1.54, 1.807) is 4.57 Å². The molecule has 0 saturated heterocycles. The average molecular weight is 413 g/mol. The number of hydrogen-bond acceptors (Lipinski definition) is 5. The van der Waals surface area contributed by atoms with Crippen molar-refractivity contribution in [1.29, 1.82) is 0 Å². The fourth-order valence-electron chi connectivity index (χ4n) is 2.29. The lowest BCUT2D eigenvalue weighted by Crippen LogP contribution is -2.39. The monoisotopic (exact) mass is 412 g/mol. The summed E-state index contributed by atoms with van der Waals surface area (Å²) in [5.74, 6) is 1.30. The molecule has 0 unspecified atom stereocenters. The first-order chi connectivity index (χ1) is 11.3. The summed E-state index contributed by atoms with van der Waals surface area (Å²) in [5, 5.41) is 0.989. The number of aromatic nitrogens is 4. The molecule has 2 aromatic heterocycles. The lowest BCUT2D eigenvalue weighted by molar-refractivity contribution is 0.603. The van der Waals surface area contributed by atoms with Crippen molar-refractivity contribution in [3.05, 3.63) is 37.7 Å². The van der Waals surface area contributed by atoms with E-state index in [-0.39, 0.29) is 17.2 Å². The first-order valence-electron chi connectivity index (χ1n) is 7.75. The third-order valence-electron chi connectivity index (χ3n) is 3.50. The molecule has 0 N–H and O–H groups in total. The van der Waals surface area contributed by atoms with Crippen LogP contribution in [0.1, 0.15) is 38.9 Å². The van der Waals surface area contributed by atoms with Crippen LogP contribution in [0, 0.1) is 0 Å². The lowest BCUT2D eigenvalue weighted by atomic mass is 10.2. The predicted octanol–water partition coefficient (Wildman–Crippen LogP) is 3.02. The SMILES string of the molecule is C=C(Br)CSc1nc(C(C)C)nc2c1c(=O)n(C)c(=O)n2CCC. The van der Waals surface area contributed by atoms with Crippen molar-refractivity contribution in [2.24, 2.45) is 7.05 Å². The van der Waals surface area contributed by atoms with Crippen molar-refractivity contribution >= 4 is 38.7 Å². The van der Waals surface area contributed by atoms with Gasteiger partial charge in [-0.25, -0.2) is 14.8 Å². The first-order valence-corrected chi connectivity index (χ1v) is 9.53. The molecular weight excluding hydrogens is 392 g/mol. The molecule has 2 rings (SSSR count). The minimum Gasteiger partial charge on any atom is -0.277 e. The Morgan fingerprint density at radius 1 is 1.33 bits per heavy atom. The van der Waals surface area contributed by atoms with E-state index in [2.05, 4.69) is 32.5 Å². The van der Waals surface area contributed by atoms with Gasteiger partial charge in [0.05, 0.1) is 0 Å². The van der Waals surface area contributed by atoms with Gasteiger partial charge in [0.1, 0.15) is 16.2 Å². The van der Waals surface area contributed by atoms with Gasteiger partial charge in [0.2, 0.25) is 0 Å². The van der Waals surface area contributed by atoms with E-state index in [0.29, 0.717) is 34.2 Å². The molecule has 0 aliphatic heterocycles. The second-order valence-electron chi connectivity index (χ2n) is 5.84. The van der Waals surface area contributed by atoms with Gasteiger partial charge >= 0.3 is 5.69 Å². The van der Waals surface area contributed by atoms with Crippen molar-refractivity contribution < 1.29 is 0 Å². The van der Waals surface area contributed by atoms with Crippen molar-refractivity contribution in [1.82, 2.24) is 19.1 Å². The van der Waals surface area contributed by atoms with Gasteiger partial charge in [0.15, 0.2) is 5.65 Å². The van der Waals surface area contributed by atoms with Gasteiger partial charge in [-0.05, 0) is 10.9 Å². The van der Waals surface area contributed by atoms with Crippen molar-refractivity contribution in [3.8, 4) is 0 Å². The van der Waals surface area contributed by atoms with Crippen LogP contribution in [-0.4, -0.2) is 24.9 Å². The highest BCUT2D eigenvalue weighted by Gasteiger charge is 2.19. The molecule has 0 atom stereocenters. The number of hydrogen-bond donors (Lipinski definition) is 0. The van der Waals surface area contributed by atoms with E-state index < -0.39 is 0 Å². The van der Waals surface area contributed by atoms with E-state index in [4.69, 9.17) is 0 Å². The molecule has 0 saturated carbocycles. The van der Waals surface area contributed by atoms with E-state index in [1.165, 1.54) is 18.8 Å². The van der Waals surface area contributed by atoms with Crippen molar-refractivity contribution in [2.45, 2.75) is 44.7 Å². The maximum absolute atomic E-state index is 12.7. The zero-order chi connectivity index (χ0) is 18.0. The Balaban J connectivity index is 2.90. The van der Waals surface area contributed by atoms with Gasteiger partial charge in [0.25, 0.3) is 5.56 Å². The smallest absolute Gasteiger partial charge is 0.277 e. The minimum atomic E-state index is -0.361. The summed E-state index contributed by atoms with van der Waals surface area (Å²) in [6, 6.07) is 0. The third kappa shape index (κ3) is 3.64. The average Bonchev–Trinajstić information content (AvgIpc) is 2.53. The van der Waals surface area contributed by atoms with E-state index in [1.807, 2.05) is 20.8 Å². The summed E-state index contributed by atoms with van der Waals surface area (Å²) in [6.45, 7) is 10.3. The normalized spacial score (nSPS) is 11.4. The van der Waals surface area contributed by atoms with E-state index in [9.17, 15) is 9.59 Å². The Bertz CT molecular complexity index is 902. The number of halogens is 1. The molecule has 0 aromatic carbocycles. The fraction of sp³-hybridized carbons (Fsp3) is 0.500. The van der Waals surface area contributed by atoms with Crippen LogP contribution < -0.4 is 11.2 Å². The second kappa shape index (κ2) is 7.65. The van der Waals surface area contributed by atoms with Crippen molar-refractivity contribution in [2.75, 3.05) is 5.75 Å². The van der Waals surface area contributed by atoms with Crippen LogP contribution in [0.15, 0.2) is 25.7 Å². The van der Waals surface area contributed by atoms with Gasteiger partial charge < -0.3 is 0 Å². The Morgan fingerprint density at radius 2 is 2.00 bits per heavy atom. The first kappa shape index (κ1) is 18.9. The molecule has 130 valence electrons. The highest BCUT2D eigenvalue weighted by atomic mass is 79.9. The maximum atomic E-state index is 12.7. The van der Waals surface area contributed by atoms with Gasteiger partial charge in [-0.3, -0.25) is 13.9 Å². The standard InChI is InChI=1S/C16H21BrN4O2S/c1-6-7-21-13-11(15(22)20(5)16(21)23)14(24-8-10(4)17)19-12(18-13)9(2)3/h9H,4,6-8H2,1-3,5H3. The summed E-state index contributed by atoms with van der Waals surface area (Å²) in [4.78, 5) is 34.3. The predicted molar refractivity (Wildman–Crippen MR) is 102 cm³/mol. The zero-order valence-corrected chi connectivity index (χ0v) is 16.7. The van der Waals surface area contributed by atoms with E-state index >= 15 is 0 Å². The molecule has 0 spiro atoms. The Hall–Kier alpha value is -1.41. The molecule has 2 aromatic rings. The maximum Gasteiger partial charge on any atom is 0.332 e. The van der Waals surface area contributed by atoms with Crippen LogP contribution in [0.2, 0.25) is 0 Å². The quantitative estimate of drug-likeness (QED) is 0.538. The molecular formula is C16H21BrN4O2S. The topological polar surface area (TPSA) is 69.8 Å². The molecule has 0 amide bonds. The number of aryl methyl sites for hydroxylation is 1. The molecule has 2 heterocycles. The number of thioether (sulfide) groups is 1. The summed E-state index contributed by atoms with van der Waals surface area (Å²) in [5.41, 5.74) is -0.282. The van der Waals surface area contributed by atoms with Crippen LogP contribution in [-0.2, 0) is 13.6 Å². The van der Waals surface area contributed by atoms with Gasteiger partial charge in [0, 0.05) is 25.3 Å². The van der Waals surface area contributed by atoms with Crippen LogP contribution >= 0.6 is 27.7 Å². The molecule has 8 heteroatoms. The largest absolute Gasteiger partial charge is 0.332 e. The molecule has 0 aliphatic carbocycles. The van der Waals surface area contributed by atoms with E-state index in [0.717, 1.165) is 15.5 Å². The van der Waals surface area contributed by atoms with Gasteiger partial charge in [-0.2, -0.15) is 0 Å². The van der Waals surface area contributed by atoms with Crippen LogP contribution in [0.4, 0.5) is 0 Å². The fourth-order valence-corrected chi connectivity index (χ4v) is 3.41. The van der Waals surface area contributed by atoms with Crippen molar-refractivity contribution in [3.63, 3.8) is 0 Å². The molecule has 24 heavy (non-hydrogen) atoms.